The van der Waals surface area contributed by atoms with Crippen LogP contribution >= 0.6 is 27.7 Å². The van der Waals surface area contributed by atoms with E-state index in [-0.39, 0.29) is 5.69 Å². The highest BCUT2D eigenvalue weighted by atomic mass is 79.9. The number of benzene rings is 2. The molecule has 0 fully saturated rings. The molecule has 0 bridgehead atoms. The number of nitro groups is 1. The fraction of sp³-hybridized carbons (Fsp3) is 0.176. The highest BCUT2D eigenvalue weighted by Gasteiger charge is 2.21. The first-order valence-corrected chi connectivity index (χ1v) is 9.34. The number of para-hydroxylation sites is 1. The van der Waals surface area contributed by atoms with Crippen molar-refractivity contribution in [1.82, 2.24) is 14.8 Å². The minimum atomic E-state index is -0.402. The molecule has 2 aromatic carbocycles. The third kappa shape index (κ3) is 3.58. The molecular formula is C17H15BrN4O3S. The molecule has 0 amide bonds. The molecule has 0 unspecified atom stereocenters. The predicted molar refractivity (Wildman–Crippen MR) is 103 cm³/mol. The zero-order valence-corrected chi connectivity index (χ0v) is 16.5. The van der Waals surface area contributed by atoms with Crippen molar-refractivity contribution in [3.8, 4) is 17.1 Å². The molecular weight excluding hydrogens is 420 g/mol. The van der Waals surface area contributed by atoms with Gasteiger partial charge < -0.3 is 9.30 Å². The minimum Gasteiger partial charge on any atom is -0.496 e. The number of methoxy groups -OCH3 is 1. The molecule has 0 spiro atoms. The van der Waals surface area contributed by atoms with Crippen LogP contribution in [-0.4, -0.2) is 26.8 Å². The monoisotopic (exact) mass is 434 g/mol. The Labute approximate surface area is 162 Å². The average molecular weight is 435 g/mol. The van der Waals surface area contributed by atoms with Gasteiger partial charge >= 0.3 is 0 Å². The number of aromatic nitrogens is 3. The zero-order valence-electron chi connectivity index (χ0n) is 14.0. The molecule has 0 aliphatic heterocycles. The highest BCUT2D eigenvalue weighted by Crippen LogP contribution is 2.37. The van der Waals surface area contributed by atoms with Crippen LogP contribution in [0.5, 0.6) is 5.75 Å². The van der Waals surface area contributed by atoms with E-state index in [4.69, 9.17) is 4.74 Å². The fourth-order valence-corrected chi connectivity index (χ4v) is 3.82. The summed E-state index contributed by atoms with van der Waals surface area (Å²) in [4.78, 5) is 11.4. The van der Waals surface area contributed by atoms with Crippen LogP contribution in [0.15, 0.2) is 57.0 Å². The zero-order chi connectivity index (χ0) is 18.7. The molecule has 26 heavy (non-hydrogen) atoms. The van der Waals surface area contributed by atoms with Gasteiger partial charge in [-0.1, -0.05) is 28.1 Å². The number of nitrogens with zero attached hydrogens (tertiary/aromatic N) is 4. The van der Waals surface area contributed by atoms with Gasteiger partial charge in [-0.15, -0.1) is 10.2 Å². The van der Waals surface area contributed by atoms with Gasteiger partial charge in [-0.2, -0.15) is 0 Å². The number of ether oxygens (including phenoxy) is 1. The van der Waals surface area contributed by atoms with Crippen LogP contribution < -0.4 is 4.74 Å². The van der Waals surface area contributed by atoms with E-state index in [0.29, 0.717) is 32.6 Å². The maximum Gasteiger partial charge on any atom is 0.284 e. The van der Waals surface area contributed by atoms with Crippen LogP contribution in [0.1, 0.15) is 6.92 Å². The largest absolute Gasteiger partial charge is 0.496 e. The first-order valence-electron chi connectivity index (χ1n) is 7.73. The van der Waals surface area contributed by atoms with Crippen molar-refractivity contribution < 1.29 is 9.66 Å². The molecule has 1 aromatic heterocycles. The summed E-state index contributed by atoms with van der Waals surface area (Å²) in [6, 6.07) is 12.5. The number of halogens is 1. The van der Waals surface area contributed by atoms with E-state index >= 15 is 0 Å². The van der Waals surface area contributed by atoms with Crippen LogP contribution in [0.25, 0.3) is 11.4 Å². The lowest BCUT2D eigenvalue weighted by Crippen LogP contribution is -2.01. The summed E-state index contributed by atoms with van der Waals surface area (Å²) >= 11 is 4.49. The van der Waals surface area contributed by atoms with Crippen LogP contribution in [0.2, 0.25) is 0 Å². The van der Waals surface area contributed by atoms with Gasteiger partial charge in [-0.05, 0) is 43.0 Å². The normalized spacial score (nSPS) is 10.7. The quantitative estimate of drug-likeness (QED) is 0.409. The van der Waals surface area contributed by atoms with E-state index in [0.717, 1.165) is 5.56 Å². The number of rotatable bonds is 6. The van der Waals surface area contributed by atoms with Crippen LogP contribution in [0.3, 0.4) is 0 Å². The Morgan fingerprint density at radius 3 is 2.73 bits per heavy atom. The lowest BCUT2D eigenvalue weighted by atomic mass is 10.2. The Morgan fingerprint density at radius 2 is 2.04 bits per heavy atom. The van der Waals surface area contributed by atoms with Crippen molar-refractivity contribution in [2.24, 2.45) is 0 Å². The van der Waals surface area contributed by atoms with E-state index in [1.807, 2.05) is 35.8 Å². The molecule has 0 aliphatic carbocycles. The smallest absolute Gasteiger partial charge is 0.284 e. The van der Waals surface area contributed by atoms with Gasteiger partial charge in [0.1, 0.15) is 5.75 Å². The number of hydrogen-bond donors (Lipinski definition) is 0. The molecule has 134 valence electrons. The Kier molecular flexibility index (Phi) is 5.58. The molecule has 9 heteroatoms. The third-order valence-electron chi connectivity index (χ3n) is 3.70. The van der Waals surface area contributed by atoms with Crippen LogP contribution in [-0.2, 0) is 6.54 Å². The predicted octanol–water partition coefficient (Wildman–Crippen LogP) is 4.80. The number of hydrogen-bond acceptors (Lipinski definition) is 6. The number of nitro benzene ring substituents is 1. The molecule has 3 rings (SSSR count). The van der Waals surface area contributed by atoms with E-state index in [1.165, 1.54) is 17.8 Å². The van der Waals surface area contributed by atoms with Crippen molar-refractivity contribution in [2.75, 3.05) is 7.11 Å². The van der Waals surface area contributed by atoms with Gasteiger partial charge in [0.15, 0.2) is 11.0 Å². The van der Waals surface area contributed by atoms with Crippen molar-refractivity contribution in [1.29, 1.82) is 0 Å². The Morgan fingerprint density at radius 1 is 1.27 bits per heavy atom. The van der Waals surface area contributed by atoms with Crippen molar-refractivity contribution in [2.45, 2.75) is 23.5 Å². The van der Waals surface area contributed by atoms with Gasteiger partial charge in [0.2, 0.25) is 0 Å². The first kappa shape index (κ1) is 18.4. The van der Waals surface area contributed by atoms with Gasteiger partial charge in [-0.25, -0.2) is 0 Å². The third-order valence-corrected chi connectivity index (χ3v) is 5.24. The van der Waals surface area contributed by atoms with Crippen molar-refractivity contribution in [3.63, 3.8) is 0 Å². The first-order chi connectivity index (χ1) is 12.5. The summed E-state index contributed by atoms with van der Waals surface area (Å²) < 4.78 is 7.97. The van der Waals surface area contributed by atoms with Crippen molar-refractivity contribution in [3.05, 3.63) is 57.1 Å². The molecule has 0 atom stereocenters. The maximum absolute atomic E-state index is 11.3. The Bertz CT molecular complexity index is 961. The van der Waals surface area contributed by atoms with Gasteiger partial charge in [-0.3, -0.25) is 10.1 Å². The van der Waals surface area contributed by atoms with E-state index in [1.54, 1.807) is 19.2 Å². The summed E-state index contributed by atoms with van der Waals surface area (Å²) in [5.41, 5.74) is 0.843. The fourth-order valence-electron chi connectivity index (χ4n) is 2.50. The van der Waals surface area contributed by atoms with E-state index in [2.05, 4.69) is 26.1 Å². The van der Waals surface area contributed by atoms with Gasteiger partial charge in [0.25, 0.3) is 5.69 Å². The van der Waals surface area contributed by atoms with Crippen LogP contribution in [0.4, 0.5) is 5.69 Å². The van der Waals surface area contributed by atoms with Crippen LogP contribution in [0, 0.1) is 10.1 Å². The molecule has 7 nitrogen and oxygen atoms in total. The van der Waals surface area contributed by atoms with Gasteiger partial charge in [0.05, 0.1) is 22.5 Å². The second kappa shape index (κ2) is 7.88. The molecule has 3 aromatic rings. The molecule has 0 aliphatic rings. The Hall–Kier alpha value is -2.39. The molecule has 0 N–H and O–H groups in total. The van der Waals surface area contributed by atoms with Gasteiger partial charge in [0, 0.05) is 17.1 Å². The molecule has 0 saturated carbocycles. The summed E-state index contributed by atoms with van der Waals surface area (Å²) in [5.74, 6) is 1.35. The standard InChI is InChI=1S/C17H15BrN4O3S/c1-3-21-16(12-6-4-5-7-14(12)25-2)19-20-17(21)26-15-9-8-11(18)10-13(15)22(23)24/h4-10H,3H2,1-2H3. The highest BCUT2D eigenvalue weighted by molar-refractivity contribution is 9.10. The second-order valence-electron chi connectivity index (χ2n) is 5.22. The topological polar surface area (TPSA) is 83.1 Å². The molecule has 0 saturated heterocycles. The lowest BCUT2D eigenvalue weighted by Gasteiger charge is -2.10. The summed E-state index contributed by atoms with van der Waals surface area (Å²) in [7, 11) is 1.60. The maximum atomic E-state index is 11.3. The average Bonchev–Trinajstić information content (AvgIpc) is 3.05. The minimum absolute atomic E-state index is 0.0221. The van der Waals surface area contributed by atoms with E-state index in [9.17, 15) is 10.1 Å². The SMILES string of the molecule is CCn1c(Sc2ccc(Br)cc2[N+](=O)[O-])nnc1-c1ccccc1OC. The molecule has 0 radical (unpaired) electrons. The second-order valence-corrected chi connectivity index (χ2v) is 7.15. The van der Waals surface area contributed by atoms with Crippen molar-refractivity contribution >= 4 is 33.4 Å². The summed E-state index contributed by atoms with van der Waals surface area (Å²) in [6.45, 7) is 2.59. The Balaban J connectivity index is 2.04. The van der Waals surface area contributed by atoms with E-state index < -0.39 is 4.92 Å². The summed E-state index contributed by atoms with van der Waals surface area (Å²) in [6.07, 6.45) is 0. The molecule has 1 heterocycles. The lowest BCUT2D eigenvalue weighted by molar-refractivity contribution is -0.387. The summed E-state index contributed by atoms with van der Waals surface area (Å²) in [5, 5.41) is 20.5.